The van der Waals surface area contributed by atoms with E-state index in [9.17, 15) is 0 Å². The summed E-state index contributed by atoms with van der Waals surface area (Å²) in [5, 5.41) is 8.84. The van der Waals surface area contributed by atoms with E-state index in [-0.39, 0.29) is 12.6 Å². The summed E-state index contributed by atoms with van der Waals surface area (Å²) in [4.78, 5) is 0. The molecular weight excluding hydrogens is 234 g/mol. The lowest BCUT2D eigenvalue weighted by molar-refractivity contribution is 0.278. The maximum absolute atomic E-state index is 8.84. The Hall–Kier alpha value is -1.46. The third-order valence-electron chi connectivity index (χ3n) is 2.81. The van der Waals surface area contributed by atoms with Crippen LogP contribution in [0.5, 0.6) is 17.2 Å². The van der Waals surface area contributed by atoms with Crippen molar-refractivity contribution in [3.05, 3.63) is 17.7 Å². The fraction of sp³-hybridized carbons (Fsp3) is 0.538. The van der Waals surface area contributed by atoms with Crippen molar-refractivity contribution in [1.82, 2.24) is 0 Å². The minimum Gasteiger partial charge on any atom is -0.493 e. The maximum Gasteiger partial charge on any atom is 0.203 e. The summed E-state index contributed by atoms with van der Waals surface area (Å²) in [5.41, 5.74) is 6.94. The number of hydrogen-bond donors (Lipinski definition) is 2. The number of nitrogens with two attached hydrogens (primary N) is 1. The summed E-state index contributed by atoms with van der Waals surface area (Å²) < 4.78 is 15.9. The molecular formula is C13H21NO4. The largest absolute Gasteiger partial charge is 0.493 e. The Balaban J connectivity index is 3.11. The van der Waals surface area contributed by atoms with Crippen molar-refractivity contribution < 1.29 is 19.3 Å². The van der Waals surface area contributed by atoms with Gasteiger partial charge in [0.05, 0.1) is 21.3 Å². The topological polar surface area (TPSA) is 73.9 Å². The molecule has 1 aromatic rings. The molecule has 0 amide bonds. The molecule has 0 saturated heterocycles. The van der Waals surface area contributed by atoms with Crippen LogP contribution in [-0.2, 0) is 0 Å². The minimum atomic E-state index is -0.202. The Morgan fingerprint density at radius 1 is 1.11 bits per heavy atom. The second-order valence-electron chi connectivity index (χ2n) is 3.90. The molecule has 3 N–H and O–H groups in total. The van der Waals surface area contributed by atoms with Crippen LogP contribution >= 0.6 is 0 Å². The zero-order chi connectivity index (χ0) is 13.5. The quantitative estimate of drug-likeness (QED) is 0.772. The molecule has 1 rings (SSSR count). The highest BCUT2D eigenvalue weighted by Crippen LogP contribution is 2.42. The van der Waals surface area contributed by atoms with Crippen molar-refractivity contribution in [2.45, 2.75) is 18.9 Å². The maximum atomic E-state index is 8.84. The Morgan fingerprint density at radius 3 is 2.28 bits per heavy atom. The molecule has 0 aromatic heterocycles. The smallest absolute Gasteiger partial charge is 0.203 e. The Kier molecular flexibility index (Phi) is 5.74. The molecule has 0 fully saturated rings. The molecule has 102 valence electrons. The van der Waals surface area contributed by atoms with Crippen LogP contribution in [-0.4, -0.2) is 33.0 Å². The second-order valence-corrected chi connectivity index (χ2v) is 3.90. The zero-order valence-corrected chi connectivity index (χ0v) is 11.1. The molecule has 0 unspecified atom stereocenters. The molecule has 0 radical (unpaired) electrons. The number of benzene rings is 1. The average molecular weight is 255 g/mol. The lowest BCUT2D eigenvalue weighted by atomic mass is 10.0. The molecule has 0 spiro atoms. The normalized spacial score (nSPS) is 12.1. The van der Waals surface area contributed by atoms with Crippen molar-refractivity contribution in [1.29, 1.82) is 0 Å². The van der Waals surface area contributed by atoms with E-state index >= 15 is 0 Å². The van der Waals surface area contributed by atoms with E-state index in [4.69, 9.17) is 25.1 Å². The summed E-state index contributed by atoms with van der Waals surface area (Å²) in [6.07, 6.45) is 1.33. The number of aliphatic hydroxyl groups is 1. The van der Waals surface area contributed by atoms with E-state index in [1.807, 2.05) is 6.07 Å². The van der Waals surface area contributed by atoms with Gasteiger partial charge in [-0.1, -0.05) is 0 Å². The lowest BCUT2D eigenvalue weighted by Crippen LogP contribution is -2.13. The van der Waals surface area contributed by atoms with Crippen LogP contribution in [0.1, 0.15) is 24.4 Å². The van der Waals surface area contributed by atoms with Crippen LogP contribution in [0, 0.1) is 0 Å². The number of rotatable bonds is 7. The fourth-order valence-corrected chi connectivity index (χ4v) is 1.88. The number of ether oxygens (including phenoxy) is 3. The highest BCUT2D eigenvalue weighted by molar-refractivity contribution is 5.56. The van der Waals surface area contributed by atoms with Gasteiger partial charge >= 0.3 is 0 Å². The highest BCUT2D eigenvalue weighted by atomic mass is 16.5. The molecule has 0 heterocycles. The van der Waals surface area contributed by atoms with Gasteiger partial charge < -0.3 is 25.1 Å². The fourth-order valence-electron chi connectivity index (χ4n) is 1.88. The van der Waals surface area contributed by atoms with E-state index in [0.717, 1.165) is 5.56 Å². The second kappa shape index (κ2) is 7.08. The molecule has 5 heteroatoms. The summed E-state index contributed by atoms with van der Waals surface area (Å²) in [6.45, 7) is 0.128. The SMILES string of the molecule is COc1ccc([C@@H](N)CCCO)c(OC)c1OC. The number of hydrogen-bond acceptors (Lipinski definition) is 5. The standard InChI is InChI=1S/C13H21NO4/c1-16-11-7-6-9(10(14)5-4-8-15)12(17-2)13(11)18-3/h6-7,10,15H,4-5,8,14H2,1-3H3/t10-/m0/s1. The van der Waals surface area contributed by atoms with Gasteiger partial charge in [-0.2, -0.15) is 0 Å². The summed E-state index contributed by atoms with van der Waals surface area (Å²) >= 11 is 0. The third-order valence-corrected chi connectivity index (χ3v) is 2.81. The van der Waals surface area contributed by atoms with E-state index in [1.54, 1.807) is 27.4 Å². The Morgan fingerprint density at radius 2 is 1.78 bits per heavy atom. The van der Waals surface area contributed by atoms with Gasteiger partial charge in [0.2, 0.25) is 5.75 Å². The highest BCUT2D eigenvalue weighted by Gasteiger charge is 2.19. The van der Waals surface area contributed by atoms with Crippen LogP contribution in [0.25, 0.3) is 0 Å². The summed E-state index contributed by atoms with van der Waals surface area (Å²) in [5.74, 6) is 1.73. The van der Waals surface area contributed by atoms with Crippen molar-refractivity contribution in [2.24, 2.45) is 5.73 Å². The van der Waals surface area contributed by atoms with Gasteiger partial charge in [-0.25, -0.2) is 0 Å². The van der Waals surface area contributed by atoms with Crippen LogP contribution in [0.4, 0.5) is 0 Å². The van der Waals surface area contributed by atoms with E-state index in [1.165, 1.54) is 0 Å². The van der Waals surface area contributed by atoms with Gasteiger partial charge in [-0.3, -0.25) is 0 Å². The monoisotopic (exact) mass is 255 g/mol. The predicted octanol–water partition coefficient (Wildman–Crippen LogP) is 1.48. The molecule has 0 aliphatic carbocycles. The molecule has 0 aliphatic rings. The number of aliphatic hydroxyl groups excluding tert-OH is 1. The average Bonchev–Trinajstić information content (AvgIpc) is 2.42. The van der Waals surface area contributed by atoms with E-state index < -0.39 is 0 Å². The molecule has 0 bridgehead atoms. The van der Waals surface area contributed by atoms with Crippen molar-refractivity contribution in [3.63, 3.8) is 0 Å². The Bertz CT molecular complexity index is 381. The van der Waals surface area contributed by atoms with Gasteiger partial charge in [0, 0.05) is 18.2 Å². The van der Waals surface area contributed by atoms with Gasteiger partial charge in [0.15, 0.2) is 11.5 Å². The van der Waals surface area contributed by atoms with Gasteiger partial charge in [0.25, 0.3) is 0 Å². The van der Waals surface area contributed by atoms with Crippen LogP contribution in [0.2, 0.25) is 0 Å². The van der Waals surface area contributed by atoms with Gasteiger partial charge in [-0.05, 0) is 25.0 Å². The molecule has 0 aliphatic heterocycles. The molecule has 5 nitrogen and oxygen atoms in total. The molecule has 1 atom stereocenters. The summed E-state index contributed by atoms with van der Waals surface area (Å²) in [6, 6.07) is 3.46. The molecule has 0 saturated carbocycles. The first kappa shape index (κ1) is 14.6. The number of methoxy groups -OCH3 is 3. The van der Waals surface area contributed by atoms with Crippen molar-refractivity contribution in [2.75, 3.05) is 27.9 Å². The van der Waals surface area contributed by atoms with Crippen molar-refractivity contribution in [3.8, 4) is 17.2 Å². The van der Waals surface area contributed by atoms with Crippen LogP contribution in [0.3, 0.4) is 0 Å². The predicted molar refractivity (Wildman–Crippen MR) is 69.3 cm³/mol. The Labute approximate surface area is 107 Å². The zero-order valence-electron chi connectivity index (χ0n) is 11.1. The minimum absolute atomic E-state index is 0.128. The van der Waals surface area contributed by atoms with Gasteiger partial charge in [-0.15, -0.1) is 0 Å². The first-order valence-corrected chi connectivity index (χ1v) is 5.84. The van der Waals surface area contributed by atoms with Crippen molar-refractivity contribution >= 4 is 0 Å². The molecule has 1 aromatic carbocycles. The first-order valence-electron chi connectivity index (χ1n) is 5.84. The third kappa shape index (κ3) is 3.05. The van der Waals surface area contributed by atoms with Crippen LogP contribution < -0.4 is 19.9 Å². The van der Waals surface area contributed by atoms with Crippen LogP contribution in [0.15, 0.2) is 12.1 Å². The first-order chi connectivity index (χ1) is 8.69. The van der Waals surface area contributed by atoms with E-state index in [2.05, 4.69) is 0 Å². The lowest BCUT2D eigenvalue weighted by Gasteiger charge is -2.19. The summed E-state index contributed by atoms with van der Waals surface area (Å²) in [7, 11) is 4.70. The van der Waals surface area contributed by atoms with E-state index in [0.29, 0.717) is 30.1 Å². The molecule has 18 heavy (non-hydrogen) atoms. The van der Waals surface area contributed by atoms with Gasteiger partial charge in [0.1, 0.15) is 0 Å².